The monoisotopic (exact) mass is 598 g/mol. The van der Waals surface area contributed by atoms with Gasteiger partial charge in [-0.15, -0.1) is 0 Å². The van der Waals surface area contributed by atoms with E-state index in [0.29, 0.717) is 39.1 Å². The first-order chi connectivity index (χ1) is 20.5. The molecule has 0 heterocycles. The molecule has 0 aliphatic rings. The van der Waals surface area contributed by atoms with Gasteiger partial charge in [-0.25, -0.2) is 0 Å². The Morgan fingerprint density at radius 3 is 1.45 bits per heavy atom. The Kier molecular flexibility index (Phi) is 31.5. The van der Waals surface area contributed by atoms with Crippen LogP contribution in [-0.2, 0) is 14.3 Å². The van der Waals surface area contributed by atoms with Gasteiger partial charge in [0, 0.05) is 32.2 Å². The molecule has 0 bridgehead atoms. The number of hydrogen-bond acceptors (Lipinski definition) is 5. The molecule has 8 nitrogen and oxygen atoms in total. The number of unbranched alkanes of at least 4 members (excludes halogenated alkanes) is 18. The molecule has 0 spiro atoms. The van der Waals surface area contributed by atoms with E-state index in [9.17, 15) is 4.79 Å². The third-order valence-corrected chi connectivity index (χ3v) is 7.90. The molecule has 0 aliphatic heterocycles. The zero-order valence-corrected chi connectivity index (χ0v) is 27.8. The molecule has 0 aromatic rings. The van der Waals surface area contributed by atoms with Crippen LogP contribution >= 0.6 is 0 Å². The molecule has 0 unspecified atom stereocenters. The van der Waals surface area contributed by atoms with E-state index in [1.807, 2.05) is 0 Å². The fourth-order valence-corrected chi connectivity index (χ4v) is 5.10. The smallest absolute Gasteiger partial charge is 0.236 e. The zero-order valence-electron chi connectivity index (χ0n) is 27.8. The number of guanidine groups is 1. The molecule has 0 radical (unpaired) electrons. The summed E-state index contributed by atoms with van der Waals surface area (Å²) in [4.78, 5) is 12.5. The van der Waals surface area contributed by atoms with Gasteiger partial charge in [-0.2, -0.15) is 0 Å². The number of carbonyl (C=O) groups excluding carboxylic acids is 1. The van der Waals surface area contributed by atoms with Gasteiger partial charge in [0.25, 0.3) is 0 Å². The van der Waals surface area contributed by atoms with Crippen LogP contribution in [0.5, 0.6) is 0 Å². The third-order valence-electron chi connectivity index (χ3n) is 7.90. The first-order valence-corrected chi connectivity index (χ1v) is 17.8. The van der Waals surface area contributed by atoms with Gasteiger partial charge in [0.2, 0.25) is 5.91 Å². The van der Waals surface area contributed by atoms with Crippen LogP contribution in [0, 0.1) is 11.3 Å². The minimum atomic E-state index is -0.570. The highest BCUT2D eigenvalue weighted by Crippen LogP contribution is 2.12. The molecule has 8 heteroatoms. The Balaban J connectivity index is 4.15. The number of ether oxygens (including phenoxy) is 2. The van der Waals surface area contributed by atoms with E-state index < -0.39 is 6.04 Å². The second-order valence-electron chi connectivity index (χ2n) is 12.2. The predicted molar refractivity (Wildman–Crippen MR) is 179 cm³/mol. The number of nitrogens with two attached hydrogens (primary N) is 2. The molecule has 1 atom stereocenters. The second-order valence-corrected chi connectivity index (χ2v) is 12.2. The maximum absolute atomic E-state index is 12.5. The average Bonchev–Trinajstić information content (AvgIpc) is 2.98. The standard InChI is InChI=1S/C34H71N5O3/c1-3-5-7-9-11-13-15-17-19-21-26-41-29-31(28-39-33(40)32(35)24-23-25-38-34(36)37)30-42-27-22-20-18-16-14-12-10-8-6-4-2/h31-32H,3-30,35H2,1-2H3,(H,39,40)(H4,36,37,38)/t32-/m0/s1. The lowest BCUT2D eigenvalue weighted by molar-refractivity contribution is -0.122. The quantitative estimate of drug-likeness (QED) is 0.0309. The second kappa shape index (κ2) is 32.5. The topological polar surface area (TPSA) is 135 Å². The molecular weight excluding hydrogens is 526 g/mol. The van der Waals surface area contributed by atoms with Gasteiger partial charge in [0.05, 0.1) is 19.3 Å². The normalized spacial score (nSPS) is 12.1. The van der Waals surface area contributed by atoms with E-state index in [1.54, 1.807) is 0 Å². The summed E-state index contributed by atoms with van der Waals surface area (Å²) in [6.07, 6.45) is 27.5. The number of carbonyl (C=O) groups is 1. The summed E-state index contributed by atoms with van der Waals surface area (Å²) in [7, 11) is 0. The molecule has 7 N–H and O–H groups in total. The van der Waals surface area contributed by atoms with Crippen molar-refractivity contribution in [3.8, 4) is 0 Å². The Bertz CT molecular complexity index is 566. The van der Waals surface area contributed by atoms with Crippen LogP contribution in [0.4, 0.5) is 0 Å². The molecule has 42 heavy (non-hydrogen) atoms. The maximum Gasteiger partial charge on any atom is 0.236 e. The van der Waals surface area contributed by atoms with Gasteiger partial charge in [-0.05, 0) is 25.7 Å². The van der Waals surface area contributed by atoms with Crippen LogP contribution in [0.3, 0.4) is 0 Å². The molecule has 0 aromatic carbocycles. The van der Waals surface area contributed by atoms with E-state index in [0.717, 1.165) is 26.1 Å². The molecule has 250 valence electrons. The van der Waals surface area contributed by atoms with Crippen LogP contribution in [0.1, 0.15) is 155 Å². The zero-order chi connectivity index (χ0) is 30.9. The van der Waals surface area contributed by atoms with E-state index in [1.165, 1.54) is 116 Å². The first-order valence-electron chi connectivity index (χ1n) is 17.8. The molecule has 0 saturated heterocycles. The third kappa shape index (κ3) is 30.1. The molecule has 0 rings (SSSR count). The largest absolute Gasteiger partial charge is 0.381 e. The Morgan fingerprint density at radius 1 is 0.643 bits per heavy atom. The molecule has 0 saturated carbocycles. The minimum absolute atomic E-state index is 0.0634. The highest BCUT2D eigenvalue weighted by atomic mass is 16.5. The lowest BCUT2D eigenvalue weighted by Gasteiger charge is -2.20. The lowest BCUT2D eigenvalue weighted by Crippen LogP contribution is -2.44. The van der Waals surface area contributed by atoms with Crippen molar-refractivity contribution < 1.29 is 14.3 Å². The van der Waals surface area contributed by atoms with Crippen LogP contribution in [0.25, 0.3) is 0 Å². The molecule has 0 aliphatic carbocycles. The summed E-state index contributed by atoms with van der Waals surface area (Å²) in [5, 5.41) is 13.0. The Labute approximate surface area is 260 Å². The van der Waals surface area contributed by atoms with Gasteiger partial charge in [-0.1, -0.05) is 129 Å². The maximum atomic E-state index is 12.5. The highest BCUT2D eigenvalue weighted by Gasteiger charge is 2.16. The summed E-state index contributed by atoms with van der Waals surface area (Å²) < 4.78 is 12.0. The van der Waals surface area contributed by atoms with Crippen LogP contribution in [0.2, 0.25) is 0 Å². The average molecular weight is 598 g/mol. The summed E-state index contributed by atoms with van der Waals surface area (Å²) in [6.45, 7) is 8.29. The summed E-state index contributed by atoms with van der Waals surface area (Å²) in [5.41, 5.74) is 11.4. The van der Waals surface area contributed by atoms with Crippen molar-refractivity contribution in [3.05, 3.63) is 0 Å². The molecule has 1 amide bonds. The van der Waals surface area contributed by atoms with Gasteiger partial charge in [-0.3, -0.25) is 10.2 Å². The number of rotatable bonds is 33. The number of nitrogens with one attached hydrogen (secondary N) is 3. The number of amides is 1. The van der Waals surface area contributed by atoms with E-state index in [2.05, 4.69) is 24.5 Å². The summed E-state index contributed by atoms with van der Waals surface area (Å²) in [6, 6.07) is -0.570. The lowest BCUT2D eigenvalue weighted by atomic mass is 10.1. The van der Waals surface area contributed by atoms with Crippen molar-refractivity contribution in [1.82, 2.24) is 10.6 Å². The van der Waals surface area contributed by atoms with E-state index >= 15 is 0 Å². The predicted octanol–water partition coefficient (Wildman–Crippen LogP) is 7.18. The van der Waals surface area contributed by atoms with Gasteiger partial charge < -0.3 is 31.6 Å². The first kappa shape index (κ1) is 40.6. The summed E-state index contributed by atoms with van der Waals surface area (Å²) >= 11 is 0. The minimum Gasteiger partial charge on any atom is -0.381 e. The van der Waals surface area contributed by atoms with Crippen molar-refractivity contribution in [1.29, 1.82) is 5.41 Å². The Hall–Kier alpha value is -1.38. The van der Waals surface area contributed by atoms with Gasteiger partial charge >= 0.3 is 0 Å². The van der Waals surface area contributed by atoms with Crippen molar-refractivity contribution in [2.75, 3.05) is 39.5 Å². The van der Waals surface area contributed by atoms with Crippen LogP contribution < -0.4 is 22.1 Å². The fourth-order valence-electron chi connectivity index (χ4n) is 5.10. The van der Waals surface area contributed by atoms with Crippen LogP contribution in [-0.4, -0.2) is 57.4 Å². The molecule has 0 aromatic heterocycles. The van der Waals surface area contributed by atoms with Crippen LogP contribution in [0.15, 0.2) is 0 Å². The van der Waals surface area contributed by atoms with Crippen molar-refractivity contribution in [3.63, 3.8) is 0 Å². The SMILES string of the molecule is CCCCCCCCCCCCOCC(CNC(=O)[C@@H](N)CCCNC(=N)N)COCCCCCCCCCCCC. The van der Waals surface area contributed by atoms with E-state index in [-0.39, 0.29) is 17.8 Å². The van der Waals surface area contributed by atoms with Gasteiger partial charge in [0.1, 0.15) is 0 Å². The molecular formula is C34H71N5O3. The van der Waals surface area contributed by atoms with E-state index in [4.69, 9.17) is 26.4 Å². The summed E-state index contributed by atoms with van der Waals surface area (Å²) in [5.74, 6) is -0.0922. The van der Waals surface area contributed by atoms with Gasteiger partial charge in [0.15, 0.2) is 5.96 Å². The van der Waals surface area contributed by atoms with Crippen molar-refractivity contribution in [2.24, 2.45) is 17.4 Å². The highest BCUT2D eigenvalue weighted by molar-refractivity contribution is 5.81. The fraction of sp³-hybridized carbons (Fsp3) is 0.941. The van der Waals surface area contributed by atoms with Crippen molar-refractivity contribution in [2.45, 2.75) is 161 Å². The van der Waals surface area contributed by atoms with Crippen molar-refractivity contribution >= 4 is 11.9 Å². The number of hydrogen-bond donors (Lipinski definition) is 5. The Morgan fingerprint density at radius 2 is 1.05 bits per heavy atom. The molecule has 0 fully saturated rings.